The largest absolute Gasteiger partial charge is 0.379 e. The molecule has 29 heavy (non-hydrogen) atoms. The summed E-state index contributed by atoms with van der Waals surface area (Å²) in [7, 11) is 0. The summed E-state index contributed by atoms with van der Waals surface area (Å²) in [5, 5.41) is 3.89. The average Bonchev–Trinajstić information content (AvgIpc) is 3.15. The third kappa shape index (κ3) is 5.02. The van der Waals surface area contributed by atoms with Crippen molar-refractivity contribution in [3.8, 4) is 0 Å². The maximum absolute atomic E-state index is 11.5. The molecule has 0 unspecified atom stereocenters. The fourth-order valence-electron chi connectivity index (χ4n) is 2.79. The van der Waals surface area contributed by atoms with E-state index in [1.807, 2.05) is 18.2 Å². The van der Waals surface area contributed by atoms with Gasteiger partial charge in [-0.2, -0.15) is 4.98 Å². The van der Waals surface area contributed by atoms with Gasteiger partial charge in [-0.15, -0.1) is 0 Å². The van der Waals surface area contributed by atoms with Gasteiger partial charge in [-0.25, -0.2) is 15.0 Å². The molecule has 0 bridgehead atoms. The van der Waals surface area contributed by atoms with Gasteiger partial charge in [0.1, 0.15) is 16.2 Å². The minimum atomic E-state index is -0.376. The third-order valence-corrected chi connectivity index (χ3v) is 5.05. The summed E-state index contributed by atoms with van der Waals surface area (Å²) < 4.78 is 5.40. The average molecular weight is 412 g/mol. The number of pyridine rings is 1. The number of aromatic nitrogens is 4. The predicted octanol–water partition coefficient (Wildman–Crippen LogP) is 1.69. The number of thiazole rings is 1. The first-order chi connectivity index (χ1) is 14.2. The Hall–Kier alpha value is -3.15. The van der Waals surface area contributed by atoms with Gasteiger partial charge in [0.25, 0.3) is 5.91 Å². The summed E-state index contributed by atoms with van der Waals surface area (Å²) in [6.07, 6.45) is 2.90. The molecule has 0 aromatic carbocycles. The van der Waals surface area contributed by atoms with E-state index in [1.54, 1.807) is 6.20 Å². The molecule has 1 amide bonds. The second kappa shape index (κ2) is 8.90. The molecule has 1 fully saturated rings. The van der Waals surface area contributed by atoms with Gasteiger partial charge in [-0.05, 0) is 18.2 Å². The van der Waals surface area contributed by atoms with E-state index in [-0.39, 0.29) is 11.9 Å². The molecule has 3 aromatic heterocycles. The highest BCUT2D eigenvalue weighted by atomic mass is 32.1. The third-order valence-electron chi connectivity index (χ3n) is 4.15. The monoisotopic (exact) mass is 412 g/mol. The van der Waals surface area contributed by atoms with Crippen molar-refractivity contribution in [2.45, 2.75) is 6.54 Å². The van der Waals surface area contributed by atoms with Gasteiger partial charge in [0.15, 0.2) is 5.13 Å². The molecule has 0 spiro atoms. The summed E-state index contributed by atoms with van der Waals surface area (Å²) in [5.41, 5.74) is 6.82. The van der Waals surface area contributed by atoms with Crippen molar-refractivity contribution < 1.29 is 9.53 Å². The number of rotatable bonds is 7. The SMILES string of the molecule is C=CC(=O)NNc1nc(CN2CCOCC2)cc(Nc2nc3cccnc3s2)n1. The number of hydrogen-bond acceptors (Lipinski definition) is 10. The first-order valence-corrected chi connectivity index (χ1v) is 9.86. The molecule has 10 nitrogen and oxygen atoms in total. The maximum atomic E-state index is 11.5. The lowest BCUT2D eigenvalue weighted by molar-refractivity contribution is -0.116. The second-order valence-electron chi connectivity index (χ2n) is 6.25. The molecule has 1 aliphatic rings. The van der Waals surface area contributed by atoms with Crippen molar-refractivity contribution in [3.05, 3.63) is 42.7 Å². The number of hydrazine groups is 1. The molecule has 4 rings (SSSR count). The van der Waals surface area contributed by atoms with Crippen molar-refractivity contribution in [2.24, 2.45) is 0 Å². The quantitative estimate of drug-likeness (QED) is 0.393. The van der Waals surface area contributed by atoms with Crippen LogP contribution in [-0.4, -0.2) is 57.0 Å². The lowest BCUT2D eigenvalue weighted by Crippen LogP contribution is -2.36. The van der Waals surface area contributed by atoms with E-state index in [4.69, 9.17) is 4.74 Å². The van der Waals surface area contributed by atoms with Crippen LogP contribution in [0.5, 0.6) is 0 Å². The number of amides is 1. The normalized spacial score (nSPS) is 14.5. The summed E-state index contributed by atoms with van der Waals surface area (Å²) in [4.78, 5) is 32.3. The van der Waals surface area contributed by atoms with Gasteiger partial charge in [0.05, 0.1) is 18.9 Å². The summed E-state index contributed by atoms with van der Waals surface area (Å²) >= 11 is 1.44. The predicted molar refractivity (Wildman–Crippen MR) is 111 cm³/mol. The molecule has 4 heterocycles. The Morgan fingerprint density at radius 2 is 2.17 bits per heavy atom. The van der Waals surface area contributed by atoms with E-state index in [0.717, 1.165) is 35.2 Å². The Bertz CT molecular complexity index is 985. The minimum Gasteiger partial charge on any atom is -0.379 e. The number of ether oxygens (including phenoxy) is 1. The van der Waals surface area contributed by atoms with Gasteiger partial charge in [0, 0.05) is 31.9 Å². The number of morpholine rings is 1. The molecule has 3 N–H and O–H groups in total. The Balaban J connectivity index is 1.56. The number of carbonyl (C=O) groups is 1. The lowest BCUT2D eigenvalue weighted by Gasteiger charge is -2.26. The fraction of sp³-hybridized carbons (Fsp3) is 0.278. The second-order valence-corrected chi connectivity index (χ2v) is 7.22. The van der Waals surface area contributed by atoms with E-state index in [9.17, 15) is 4.79 Å². The smallest absolute Gasteiger partial charge is 0.261 e. The minimum absolute atomic E-state index is 0.271. The van der Waals surface area contributed by atoms with E-state index in [0.29, 0.717) is 30.7 Å². The number of anilines is 3. The van der Waals surface area contributed by atoms with Crippen LogP contribution in [0.15, 0.2) is 37.1 Å². The molecular weight excluding hydrogens is 392 g/mol. The summed E-state index contributed by atoms with van der Waals surface area (Å²) in [5.74, 6) is 0.462. The Morgan fingerprint density at radius 3 is 2.97 bits per heavy atom. The van der Waals surface area contributed by atoms with E-state index >= 15 is 0 Å². The zero-order valence-corrected chi connectivity index (χ0v) is 16.4. The number of nitrogens with zero attached hydrogens (tertiary/aromatic N) is 5. The van der Waals surface area contributed by atoms with Crippen LogP contribution in [0, 0.1) is 0 Å². The molecule has 3 aromatic rings. The van der Waals surface area contributed by atoms with E-state index < -0.39 is 0 Å². The lowest BCUT2D eigenvalue weighted by atomic mass is 10.3. The maximum Gasteiger partial charge on any atom is 0.261 e. The topological polar surface area (TPSA) is 117 Å². The van der Waals surface area contributed by atoms with Crippen molar-refractivity contribution >= 4 is 44.5 Å². The van der Waals surface area contributed by atoms with E-state index in [2.05, 4.69) is 47.6 Å². The van der Waals surface area contributed by atoms with Crippen molar-refractivity contribution in [1.29, 1.82) is 0 Å². The molecule has 1 saturated heterocycles. The van der Waals surface area contributed by atoms with Crippen LogP contribution in [0.25, 0.3) is 10.3 Å². The van der Waals surface area contributed by atoms with Crippen LogP contribution in [0.2, 0.25) is 0 Å². The first-order valence-electron chi connectivity index (χ1n) is 9.05. The molecular formula is C18H20N8O2S. The van der Waals surface area contributed by atoms with Crippen LogP contribution in [-0.2, 0) is 16.1 Å². The first kappa shape index (κ1) is 19.2. The number of carbonyl (C=O) groups excluding carboxylic acids is 1. The van der Waals surface area contributed by atoms with E-state index in [1.165, 1.54) is 11.3 Å². The summed E-state index contributed by atoms with van der Waals surface area (Å²) in [6, 6.07) is 5.63. The van der Waals surface area contributed by atoms with Gasteiger partial charge in [0.2, 0.25) is 5.95 Å². The molecule has 0 saturated carbocycles. The standard InChI is InChI=1S/C18H20N8O2S/c1-2-15(27)24-25-17-20-12(11-26-6-8-28-9-7-26)10-14(22-17)23-18-21-13-4-3-5-19-16(13)29-18/h2-5,10H,1,6-9,11H2,(H,24,27)(H2,20,21,22,23,25). The molecule has 150 valence electrons. The van der Waals surface area contributed by atoms with Crippen molar-refractivity contribution in [1.82, 2.24) is 30.3 Å². The highest BCUT2D eigenvalue weighted by molar-refractivity contribution is 7.21. The molecule has 0 radical (unpaired) electrons. The highest BCUT2D eigenvalue weighted by Gasteiger charge is 2.14. The van der Waals surface area contributed by atoms with Crippen LogP contribution < -0.4 is 16.2 Å². The Kier molecular flexibility index (Phi) is 5.89. The van der Waals surface area contributed by atoms with Crippen molar-refractivity contribution in [3.63, 3.8) is 0 Å². The zero-order chi connectivity index (χ0) is 20.1. The molecule has 11 heteroatoms. The fourth-order valence-corrected chi connectivity index (χ4v) is 3.60. The zero-order valence-electron chi connectivity index (χ0n) is 15.6. The molecule has 0 atom stereocenters. The van der Waals surface area contributed by atoms with Crippen LogP contribution in [0.4, 0.5) is 16.9 Å². The van der Waals surface area contributed by atoms with Crippen LogP contribution in [0.3, 0.4) is 0 Å². The summed E-state index contributed by atoms with van der Waals surface area (Å²) in [6.45, 7) is 7.16. The van der Waals surface area contributed by atoms with Gasteiger partial charge >= 0.3 is 0 Å². The molecule has 0 aliphatic carbocycles. The number of nitrogens with one attached hydrogen (secondary N) is 3. The van der Waals surface area contributed by atoms with Gasteiger partial charge in [-0.3, -0.25) is 20.5 Å². The highest BCUT2D eigenvalue weighted by Crippen LogP contribution is 2.26. The number of hydrogen-bond donors (Lipinski definition) is 3. The van der Waals surface area contributed by atoms with Crippen molar-refractivity contribution in [2.75, 3.05) is 37.0 Å². The number of fused-ring (bicyclic) bond motifs is 1. The van der Waals surface area contributed by atoms with Crippen LogP contribution >= 0.6 is 11.3 Å². The Morgan fingerprint density at radius 1 is 1.31 bits per heavy atom. The Labute approximate surface area is 171 Å². The molecule has 1 aliphatic heterocycles. The van der Waals surface area contributed by atoms with Crippen LogP contribution in [0.1, 0.15) is 5.69 Å². The van der Waals surface area contributed by atoms with Gasteiger partial charge < -0.3 is 10.1 Å². The van der Waals surface area contributed by atoms with Gasteiger partial charge in [-0.1, -0.05) is 17.9 Å².